The minimum absolute atomic E-state index is 0.0972. The van der Waals surface area contributed by atoms with E-state index in [1.807, 2.05) is 0 Å². The average molecular weight is 167 g/mol. The second kappa shape index (κ2) is 3.13. The zero-order valence-electron chi connectivity index (χ0n) is 6.53. The van der Waals surface area contributed by atoms with E-state index in [0.29, 0.717) is 0 Å². The third-order valence-corrected chi connectivity index (χ3v) is 1.47. The fourth-order valence-electron chi connectivity index (χ4n) is 0.886. The molecule has 1 amide bonds. The Balaban J connectivity index is 3.21. The van der Waals surface area contributed by atoms with Gasteiger partial charge in [0, 0.05) is 7.05 Å². The minimum atomic E-state index is -0.509. The van der Waals surface area contributed by atoms with Gasteiger partial charge < -0.3 is 15.5 Å². The van der Waals surface area contributed by atoms with Gasteiger partial charge in [0.1, 0.15) is 17.1 Å². The van der Waals surface area contributed by atoms with Crippen LogP contribution in [0.1, 0.15) is 10.4 Å². The van der Waals surface area contributed by atoms with Gasteiger partial charge in [-0.05, 0) is 12.1 Å². The largest absolute Gasteiger partial charge is 0.507 e. The van der Waals surface area contributed by atoms with Crippen LogP contribution in [0.5, 0.6) is 11.5 Å². The lowest BCUT2D eigenvalue weighted by molar-refractivity contribution is 0.0957. The molecule has 4 nitrogen and oxygen atoms in total. The van der Waals surface area contributed by atoms with E-state index in [0.717, 1.165) is 0 Å². The number of amides is 1. The normalized spacial score (nSPS) is 9.42. The third kappa shape index (κ3) is 1.32. The Hall–Kier alpha value is -1.71. The molecule has 0 unspecified atom stereocenters. The Morgan fingerprint density at radius 1 is 1.33 bits per heavy atom. The van der Waals surface area contributed by atoms with Crippen molar-refractivity contribution >= 4 is 5.91 Å². The lowest BCUT2D eigenvalue weighted by atomic mass is 10.1. The predicted octanol–water partition coefficient (Wildman–Crippen LogP) is 0.457. The van der Waals surface area contributed by atoms with E-state index < -0.39 is 5.91 Å². The molecule has 0 atom stereocenters. The first-order chi connectivity index (χ1) is 5.66. The standard InChI is InChI=1S/C8H9NO3/c1-9-8(12)7-5(10)3-2-4-6(7)11/h2-4,10-11H,1H3,(H,9,12). The molecule has 0 fully saturated rings. The number of phenolic OH excluding ortho intramolecular Hbond substituents is 2. The number of aromatic hydroxyl groups is 2. The molecule has 0 bridgehead atoms. The maximum absolute atomic E-state index is 11.0. The molecule has 64 valence electrons. The predicted molar refractivity (Wildman–Crippen MR) is 43.2 cm³/mol. The van der Waals surface area contributed by atoms with E-state index in [1.165, 1.54) is 25.2 Å². The number of hydrogen-bond donors (Lipinski definition) is 3. The highest BCUT2D eigenvalue weighted by molar-refractivity contribution is 5.99. The van der Waals surface area contributed by atoms with Gasteiger partial charge in [-0.2, -0.15) is 0 Å². The fourth-order valence-corrected chi connectivity index (χ4v) is 0.886. The van der Waals surface area contributed by atoms with E-state index in [9.17, 15) is 15.0 Å². The van der Waals surface area contributed by atoms with Crippen molar-refractivity contribution in [2.45, 2.75) is 0 Å². The number of nitrogens with one attached hydrogen (secondary N) is 1. The highest BCUT2D eigenvalue weighted by atomic mass is 16.3. The molecule has 0 saturated carbocycles. The summed E-state index contributed by atoms with van der Waals surface area (Å²) in [5, 5.41) is 20.6. The number of rotatable bonds is 1. The van der Waals surface area contributed by atoms with Crippen LogP contribution in [0, 0.1) is 0 Å². The summed E-state index contributed by atoms with van der Waals surface area (Å²) >= 11 is 0. The second-order valence-electron chi connectivity index (χ2n) is 2.25. The average Bonchev–Trinajstić information content (AvgIpc) is 2.03. The molecule has 0 aliphatic rings. The van der Waals surface area contributed by atoms with Crippen LogP contribution in [0.2, 0.25) is 0 Å². The van der Waals surface area contributed by atoms with Crippen LogP contribution in [0.3, 0.4) is 0 Å². The summed E-state index contributed by atoms with van der Waals surface area (Å²) in [4.78, 5) is 11.0. The molecule has 0 aliphatic heterocycles. The van der Waals surface area contributed by atoms with Crippen LogP contribution in [-0.2, 0) is 0 Å². The van der Waals surface area contributed by atoms with Gasteiger partial charge in [-0.25, -0.2) is 0 Å². The van der Waals surface area contributed by atoms with Crippen LogP contribution in [0.15, 0.2) is 18.2 Å². The van der Waals surface area contributed by atoms with E-state index >= 15 is 0 Å². The first kappa shape index (κ1) is 8.39. The number of phenols is 2. The van der Waals surface area contributed by atoms with Crippen LogP contribution in [0.25, 0.3) is 0 Å². The minimum Gasteiger partial charge on any atom is -0.507 e. The van der Waals surface area contributed by atoms with Gasteiger partial charge in [-0.3, -0.25) is 4.79 Å². The summed E-state index contributed by atoms with van der Waals surface area (Å²) in [6.45, 7) is 0. The van der Waals surface area contributed by atoms with Crippen molar-refractivity contribution in [3.05, 3.63) is 23.8 Å². The number of carbonyl (C=O) groups is 1. The van der Waals surface area contributed by atoms with Gasteiger partial charge in [0.15, 0.2) is 0 Å². The highest BCUT2D eigenvalue weighted by Gasteiger charge is 2.13. The van der Waals surface area contributed by atoms with Crippen LogP contribution < -0.4 is 5.32 Å². The molecular weight excluding hydrogens is 158 g/mol. The number of hydrogen-bond acceptors (Lipinski definition) is 3. The Kier molecular flexibility index (Phi) is 2.19. The van der Waals surface area contributed by atoms with Gasteiger partial charge >= 0.3 is 0 Å². The Labute approximate surface area is 69.5 Å². The molecule has 0 aromatic heterocycles. The summed E-state index contributed by atoms with van der Waals surface area (Å²) in [6, 6.07) is 4.13. The molecule has 12 heavy (non-hydrogen) atoms. The first-order valence-corrected chi connectivity index (χ1v) is 3.40. The van der Waals surface area contributed by atoms with Crippen molar-refractivity contribution in [3.8, 4) is 11.5 Å². The van der Waals surface area contributed by atoms with E-state index in [4.69, 9.17) is 0 Å². The second-order valence-corrected chi connectivity index (χ2v) is 2.25. The number of carbonyl (C=O) groups excluding carboxylic acids is 1. The summed E-state index contributed by atoms with van der Waals surface area (Å²) in [5.41, 5.74) is -0.0972. The van der Waals surface area contributed by atoms with Crippen LogP contribution in [-0.4, -0.2) is 23.2 Å². The van der Waals surface area contributed by atoms with Gasteiger partial charge in [0.2, 0.25) is 0 Å². The van der Waals surface area contributed by atoms with E-state index in [1.54, 1.807) is 0 Å². The van der Waals surface area contributed by atoms with E-state index in [2.05, 4.69) is 5.32 Å². The van der Waals surface area contributed by atoms with E-state index in [-0.39, 0.29) is 17.1 Å². The molecule has 0 spiro atoms. The zero-order chi connectivity index (χ0) is 9.14. The maximum Gasteiger partial charge on any atom is 0.258 e. The van der Waals surface area contributed by atoms with Crippen LogP contribution >= 0.6 is 0 Å². The molecule has 0 radical (unpaired) electrons. The molecule has 0 saturated heterocycles. The van der Waals surface area contributed by atoms with Crippen molar-refractivity contribution < 1.29 is 15.0 Å². The molecule has 3 N–H and O–H groups in total. The summed E-state index contributed by atoms with van der Waals surface area (Å²) in [7, 11) is 1.42. The molecule has 0 heterocycles. The van der Waals surface area contributed by atoms with Crippen LogP contribution in [0.4, 0.5) is 0 Å². The Bertz CT molecular complexity index is 289. The monoisotopic (exact) mass is 167 g/mol. The molecule has 1 aromatic rings. The summed E-state index contributed by atoms with van der Waals surface area (Å²) < 4.78 is 0. The summed E-state index contributed by atoms with van der Waals surface area (Å²) in [6.07, 6.45) is 0. The smallest absolute Gasteiger partial charge is 0.258 e. The van der Waals surface area contributed by atoms with Gasteiger partial charge in [0.05, 0.1) is 0 Å². The SMILES string of the molecule is CNC(=O)c1c(O)cccc1O. The lowest BCUT2D eigenvalue weighted by Crippen LogP contribution is -2.17. The zero-order valence-corrected chi connectivity index (χ0v) is 6.53. The van der Waals surface area contributed by atoms with Gasteiger partial charge in [-0.1, -0.05) is 6.07 Å². The summed E-state index contributed by atoms with van der Waals surface area (Å²) in [5.74, 6) is -0.964. The van der Waals surface area contributed by atoms with Crippen molar-refractivity contribution in [1.82, 2.24) is 5.32 Å². The number of benzene rings is 1. The maximum atomic E-state index is 11.0. The highest BCUT2D eigenvalue weighted by Crippen LogP contribution is 2.25. The van der Waals surface area contributed by atoms with Crippen molar-refractivity contribution in [3.63, 3.8) is 0 Å². The molecule has 1 aromatic carbocycles. The van der Waals surface area contributed by atoms with Gasteiger partial charge in [-0.15, -0.1) is 0 Å². The van der Waals surface area contributed by atoms with Gasteiger partial charge in [0.25, 0.3) is 5.91 Å². The third-order valence-electron chi connectivity index (χ3n) is 1.47. The Morgan fingerprint density at radius 3 is 2.25 bits per heavy atom. The first-order valence-electron chi connectivity index (χ1n) is 3.40. The quantitative estimate of drug-likeness (QED) is 0.569. The molecule has 0 aliphatic carbocycles. The topological polar surface area (TPSA) is 69.6 Å². The fraction of sp³-hybridized carbons (Fsp3) is 0.125. The van der Waals surface area contributed by atoms with Crippen molar-refractivity contribution in [1.29, 1.82) is 0 Å². The Morgan fingerprint density at radius 2 is 1.83 bits per heavy atom. The molecule has 1 rings (SSSR count). The van der Waals surface area contributed by atoms with Crippen molar-refractivity contribution in [2.24, 2.45) is 0 Å². The van der Waals surface area contributed by atoms with Crippen molar-refractivity contribution in [2.75, 3.05) is 7.05 Å². The molecular formula is C8H9NO3. The lowest BCUT2D eigenvalue weighted by Gasteiger charge is -2.04. The molecule has 4 heteroatoms.